The minimum atomic E-state index is -3.04. The van der Waals surface area contributed by atoms with Crippen molar-refractivity contribution in [3.05, 3.63) is 0 Å². The number of guanidine groups is 1. The van der Waals surface area contributed by atoms with Crippen LogP contribution in [0.15, 0.2) is 4.99 Å². The van der Waals surface area contributed by atoms with E-state index in [1.54, 1.807) is 20.9 Å². The molecule has 1 fully saturated rings. The first kappa shape index (κ1) is 24.4. The number of rotatable bonds is 7. The molecule has 148 valence electrons. The van der Waals surface area contributed by atoms with Gasteiger partial charge in [0.05, 0.1) is 17.6 Å². The van der Waals surface area contributed by atoms with Gasteiger partial charge < -0.3 is 15.0 Å². The van der Waals surface area contributed by atoms with E-state index < -0.39 is 14.6 Å². The smallest absolute Gasteiger partial charge is 0.305 e. The zero-order valence-corrected chi connectivity index (χ0v) is 18.9. The maximum Gasteiger partial charge on any atom is 0.305 e. The highest BCUT2D eigenvalue weighted by atomic mass is 127. The first-order valence-electron chi connectivity index (χ1n) is 8.48. The second-order valence-corrected chi connectivity index (χ2v) is 9.46. The van der Waals surface area contributed by atoms with E-state index in [1.165, 1.54) is 7.11 Å². The summed E-state index contributed by atoms with van der Waals surface area (Å²) in [6, 6.07) is 0. The van der Waals surface area contributed by atoms with Gasteiger partial charge in [-0.1, -0.05) is 12.8 Å². The van der Waals surface area contributed by atoms with Crippen LogP contribution in [-0.2, 0) is 19.4 Å². The summed E-state index contributed by atoms with van der Waals surface area (Å²) in [7, 11) is 0.0822. The molecule has 0 aromatic rings. The molecule has 0 atom stereocenters. The number of methoxy groups -OCH3 is 1. The molecule has 0 amide bonds. The largest absolute Gasteiger partial charge is 0.469 e. The molecule has 1 heterocycles. The number of halogens is 1. The van der Waals surface area contributed by atoms with Gasteiger partial charge in [0, 0.05) is 33.1 Å². The molecule has 0 aromatic heterocycles. The maximum atomic E-state index is 12.1. The Morgan fingerprint density at radius 2 is 1.88 bits per heavy atom. The van der Waals surface area contributed by atoms with E-state index in [0.717, 1.165) is 38.2 Å². The summed E-state index contributed by atoms with van der Waals surface area (Å²) in [5.41, 5.74) is 0. The molecule has 25 heavy (non-hydrogen) atoms. The Hall–Kier alpha value is -0.580. The van der Waals surface area contributed by atoms with Crippen molar-refractivity contribution in [2.45, 2.75) is 50.7 Å². The number of nitrogens with one attached hydrogen (secondary N) is 1. The first-order chi connectivity index (χ1) is 11.2. The van der Waals surface area contributed by atoms with Gasteiger partial charge in [-0.05, 0) is 26.7 Å². The quantitative estimate of drug-likeness (QED) is 0.193. The van der Waals surface area contributed by atoms with Crippen LogP contribution in [-0.4, -0.2) is 69.5 Å². The molecule has 1 N–H and O–H groups in total. The van der Waals surface area contributed by atoms with Gasteiger partial charge in [0.15, 0.2) is 15.8 Å². The van der Waals surface area contributed by atoms with Crippen molar-refractivity contribution in [3.8, 4) is 0 Å². The molecule has 0 aromatic carbocycles. The molecule has 1 saturated heterocycles. The van der Waals surface area contributed by atoms with E-state index in [0.29, 0.717) is 19.5 Å². The fourth-order valence-electron chi connectivity index (χ4n) is 2.71. The van der Waals surface area contributed by atoms with Gasteiger partial charge in [-0.15, -0.1) is 24.0 Å². The van der Waals surface area contributed by atoms with Gasteiger partial charge >= 0.3 is 5.97 Å². The zero-order chi connectivity index (χ0) is 18.2. The highest BCUT2D eigenvalue weighted by Gasteiger charge is 2.40. The Balaban J connectivity index is 0.00000576. The highest BCUT2D eigenvalue weighted by molar-refractivity contribution is 14.0. The van der Waals surface area contributed by atoms with E-state index >= 15 is 0 Å². The summed E-state index contributed by atoms with van der Waals surface area (Å²) < 4.78 is 28.0. The minimum absolute atomic E-state index is 0. The minimum Gasteiger partial charge on any atom is -0.469 e. The fourth-order valence-corrected chi connectivity index (χ4v) is 4.07. The molecule has 0 aliphatic carbocycles. The maximum absolute atomic E-state index is 12.1. The molecule has 0 unspecified atom stereocenters. The van der Waals surface area contributed by atoms with Gasteiger partial charge in [0.1, 0.15) is 0 Å². The average Bonchev–Trinajstić information content (AvgIpc) is 2.52. The summed E-state index contributed by atoms with van der Waals surface area (Å²) in [6.07, 6.45) is 4.32. The average molecular weight is 489 g/mol. The van der Waals surface area contributed by atoms with Gasteiger partial charge in [0.2, 0.25) is 0 Å². The molecule has 0 spiro atoms. The lowest BCUT2D eigenvalue weighted by molar-refractivity contribution is -0.140. The lowest BCUT2D eigenvalue weighted by Crippen LogP contribution is -2.57. The molecule has 1 aliphatic heterocycles. The van der Waals surface area contributed by atoms with Crippen LogP contribution in [0, 0.1) is 0 Å². The molecular formula is C16H32IN3O4S. The van der Waals surface area contributed by atoms with Crippen LogP contribution in [0.3, 0.4) is 0 Å². The number of hydrogen-bond acceptors (Lipinski definition) is 5. The van der Waals surface area contributed by atoms with Crippen molar-refractivity contribution in [1.82, 2.24) is 10.2 Å². The molecule has 1 rings (SSSR count). The topological polar surface area (TPSA) is 88.1 Å². The molecule has 0 saturated carbocycles. The number of sulfone groups is 1. The Kier molecular flexibility index (Phi) is 10.9. The van der Waals surface area contributed by atoms with Crippen LogP contribution in [0.1, 0.15) is 46.0 Å². The molecular weight excluding hydrogens is 457 g/mol. The molecule has 0 radical (unpaired) electrons. The van der Waals surface area contributed by atoms with Crippen molar-refractivity contribution < 1.29 is 17.9 Å². The summed E-state index contributed by atoms with van der Waals surface area (Å²) in [4.78, 5) is 17.3. The number of aliphatic imine (C=N–C) groups is 1. The van der Waals surface area contributed by atoms with Gasteiger partial charge in [0.25, 0.3) is 0 Å². The normalized spacial score (nSPS) is 19.0. The van der Waals surface area contributed by atoms with Crippen molar-refractivity contribution >= 4 is 45.7 Å². The third kappa shape index (κ3) is 7.67. The van der Waals surface area contributed by atoms with Crippen LogP contribution in [0.4, 0.5) is 0 Å². The first-order valence-corrected chi connectivity index (χ1v) is 10.1. The van der Waals surface area contributed by atoms with E-state index in [4.69, 9.17) is 0 Å². The molecule has 9 heteroatoms. The third-order valence-corrected chi connectivity index (χ3v) is 6.91. The van der Waals surface area contributed by atoms with Crippen LogP contribution in [0.25, 0.3) is 0 Å². The summed E-state index contributed by atoms with van der Waals surface area (Å²) >= 11 is 0. The number of carbonyl (C=O) groups excluding carboxylic acids is 1. The van der Waals surface area contributed by atoms with Crippen LogP contribution in [0.2, 0.25) is 0 Å². The number of unbranched alkanes of at least 4 members (excludes halogenated alkanes) is 3. The molecule has 1 aliphatic rings. The van der Waals surface area contributed by atoms with E-state index in [9.17, 15) is 13.2 Å². The monoisotopic (exact) mass is 489 g/mol. The highest BCUT2D eigenvalue weighted by Crippen LogP contribution is 2.23. The van der Waals surface area contributed by atoms with Crippen molar-refractivity contribution in [2.24, 2.45) is 4.99 Å². The predicted molar refractivity (Wildman–Crippen MR) is 111 cm³/mol. The Labute approximate surface area is 168 Å². The van der Waals surface area contributed by atoms with Crippen LogP contribution in [0.5, 0.6) is 0 Å². The van der Waals surface area contributed by atoms with Gasteiger partial charge in [-0.2, -0.15) is 0 Å². The summed E-state index contributed by atoms with van der Waals surface area (Å²) in [5.74, 6) is 0.762. The zero-order valence-electron chi connectivity index (χ0n) is 15.7. The molecule has 0 bridgehead atoms. The standard InChI is InChI=1S/C16H31N3O4S.HI/c1-16(2)13-19(11-12-24(16,21)22)15(17-3)18-10-8-6-5-7-9-14(20)23-4;/h5-13H2,1-4H3,(H,17,18);1H. The van der Waals surface area contributed by atoms with Gasteiger partial charge in [-0.25, -0.2) is 8.42 Å². The number of nitrogens with zero attached hydrogens (tertiary/aromatic N) is 2. The van der Waals surface area contributed by atoms with Crippen LogP contribution < -0.4 is 5.32 Å². The SMILES string of the molecule is CN=C(NCCCCCCC(=O)OC)N1CCS(=O)(=O)C(C)(C)C1.I. The lowest BCUT2D eigenvalue weighted by Gasteiger charge is -2.39. The van der Waals surface area contributed by atoms with Gasteiger partial charge in [-0.3, -0.25) is 9.79 Å². The molecule has 7 nitrogen and oxygen atoms in total. The predicted octanol–water partition coefficient (Wildman–Crippen LogP) is 1.81. The second kappa shape index (κ2) is 11.2. The van der Waals surface area contributed by atoms with E-state index in [2.05, 4.69) is 15.0 Å². The Bertz CT molecular complexity index is 550. The summed E-state index contributed by atoms with van der Waals surface area (Å²) in [6.45, 7) is 5.25. The van der Waals surface area contributed by atoms with E-state index in [-0.39, 0.29) is 35.7 Å². The summed E-state index contributed by atoms with van der Waals surface area (Å²) in [5, 5.41) is 3.30. The number of hydrogen-bond donors (Lipinski definition) is 1. The number of carbonyl (C=O) groups is 1. The third-order valence-electron chi connectivity index (χ3n) is 4.37. The second-order valence-electron chi connectivity index (χ2n) is 6.71. The lowest BCUT2D eigenvalue weighted by atomic mass is 10.1. The van der Waals surface area contributed by atoms with Crippen molar-refractivity contribution in [3.63, 3.8) is 0 Å². The Morgan fingerprint density at radius 3 is 2.44 bits per heavy atom. The number of ether oxygens (including phenoxy) is 1. The van der Waals surface area contributed by atoms with E-state index in [1.807, 2.05) is 4.90 Å². The Morgan fingerprint density at radius 1 is 1.24 bits per heavy atom. The number of esters is 1. The van der Waals surface area contributed by atoms with Crippen LogP contribution >= 0.6 is 24.0 Å². The fraction of sp³-hybridized carbons (Fsp3) is 0.875. The van der Waals surface area contributed by atoms with Crippen molar-refractivity contribution in [2.75, 3.05) is 39.5 Å². The van der Waals surface area contributed by atoms with Crippen molar-refractivity contribution in [1.29, 1.82) is 0 Å².